The minimum atomic E-state index is -4.63. The van der Waals surface area contributed by atoms with Gasteiger partial charge in [0.15, 0.2) is 0 Å². The van der Waals surface area contributed by atoms with E-state index in [1.54, 1.807) is 12.2 Å². The van der Waals surface area contributed by atoms with Crippen LogP contribution < -0.4 is 16.8 Å². The maximum absolute atomic E-state index is 12.8. The molecule has 104 valence electrons. The van der Waals surface area contributed by atoms with E-state index in [4.69, 9.17) is 11.5 Å². The van der Waals surface area contributed by atoms with Crippen LogP contribution in [0.25, 0.3) is 0 Å². The lowest BCUT2D eigenvalue weighted by atomic mass is 10.1. The van der Waals surface area contributed by atoms with Crippen molar-refractivity contribution >= 4 is 11.6 Å². The Morgan fingerprint density at radius 2 is 2.00 bits per heavy atom. The van der Waals surface area contributed by atoms with E-state index in [2.05, 4.69) is 5.32 Å². The number of carbonyl (C=O) groups excluding carboxylic acids is 1. The van der Waals surface area contributed by atoms with Gasteiger partial charge >= 0.3 is 6.18 Å². The summed E-state index contributed by atoms with van der Waals surface area (Å²) in [5.41, 5.74) is 8.80. The van der Waals surface area contributed by atoms with Gasteiger partial charge in [-0.05, 0) is 18.2 Å². The number of hydrogen-bond donors (Lipinski definition) is 3. The van der Waals surface area contributed by atoms with Crippen molar-refractivity contribution in [2.24, 2.45) is 11.5 Å². The number of benzene rings is 1. The number of amides is 1. The van der Waals surface area contributed by atoms with Crippen molar-refractivity contribution in [3.8, 4) is 0 Å². The lowest BCUT2D eigenvalue weighted by Crippen LogP contribution is -2.19. The first kappa shape index (κ1) is 15.0. The number of nitrogens with one attached hydrogen (secondary N) is 1. The fourth-order valence-corrected chi connectivity index (χ4v) is 1.46. The lowest BCUT2D eigenvalue weighted by Gasteiger charge is -2.13. The topological polar surface area (TPSA) is 81.1 Å². The molecule has 0 aromatic heterocycles. The van der Waals surface area contributed by atoms with Crippen LogP contribution in [0, 0.1) is 0 Å². The Labute approximate surface area is 108 Å². The zero-order valence-corrected chi connectivity index (χ0v) is 10.00. The highest BCUT2D eigenvalue weighted by molar-refractivity contribution is 5.95. The van der Waals surface area contributed by atoms with Gasteiger partial charge in [-0.15, -0.1) is 0 Å². The van der Waals surface area contributed by atoms with Crippen LogP contribution in [0.3, 0.4) is 0 Å². The zero-order valence-electron chi connectivity index (χ0n) is 10.00. The first-order valence-electron chi connectivity index (χ1n) is 5.46. The van der Waals surface area contributed by atoms with Gasteiger partial charge in [0.2, 0.25) is 5.91 Å². The molecular weight excluding hydrogens is 259 g/mol. The van der Waals surface area contributed by atoms with Crippen LogP contribution in [-0.2, 0) is 6.18 Å². The summed E-state index contributed by atoms with van der Waals surface area (Å²) in [6, 6.07) is 3.28. The molecule has 4 nitrogen and oxygen atoms in total. The van der Waals surface area contributed by atoms with E-state index in [-0.39, 0.29) is 5.69 Å². The number of nitrogens with two attached hydrogens (primary N) is 2. The molecule has 0 aliphatic rings. The second kappa shape index (κ2) is 6.24. The first-order chi connectivity index (χ1) is 8.86. The number of hydrogen-bond acceptors (Lipinski definition) is 3. The van der Waals surface area contributed by atoms with Gasteiger partial charge in [0.25, 0.3) is 0 Å². The average Bonchev–Trinajstić information content (AvgIpc) is 2.33. The largest absolute Gasteiger partial charge is 0.417 e. The molecule has 0 atom stereocenters. The van der Waals surface area contributed by atoms with Crippen LogP contribution in [-0.4, -0.2) is 19.0 Å². The molecular formula is C12H14F3N3O. The van der Waals surface area contributed by atoms with Crippen molar-refractivity contribution in [2.45, 2.75) is 6.18 Å². The maximum Gasteiger partial charge on any atom is 0.417 e. The number of halogens is 3. The molecule has 1 rings (SSSR count). The molecule has 0 aliphatic carbocycles. The summed E-state index contributed by atoms with van der Waals surface area (Å²) in [5.74, 6) is -1.11. The van der Waals surface area contributed by atoms with Gasteiger partial charge in [0.05, 0.1) is 11.1 Å². The van der Waals surface area contributed by atoms with Crippen LogP contribution in [0.2, 0.25) is 0 Å². The average molecular weight is 273 g/mol. The van der Waals surface area contributed by atoms with E-state index in [9.17, 15) is 18.0 Å². The van der Waals surface area contributed by atoms with Gasteiger partial charge in [-0.3, -0.25) is 4.79 Å². The van der Waals surface area contributed by atoms with Crippen molar-refractivity contribution in [1.82, 2.24) is 0 Å². The summed E-state index contributed by atoms with van der Waals surface area (Å²) in [7, 11) is 0. The molecule has 5 N–H and O–H groups in total. The monoisotopic (exact) mass is 273 g/mol. The summed E-state index contributed by atoms with van der Waals surface area (Å²) < 4.78 is 38.3. The molecule has 0 fully saturated rings. The van der Waals surface area contributed by atoms with Gasteiger partial charge < -0.3 is 16.8 Å². The van der Waals surface area contributed by atoms with E-state index in [1.165, 1.54) is 6.07 Å². The molecule has 19 heavy (non-hydrogen) atoms. The standard InChI is InChI=1S/C12H14F3N3O/c13-12(14,15)10-7-8(18-6-2-1-5-16)3-4-9(10)11(17)19/h1-4,7,18H,5-6,16H2,(H2,17,19)/b2-1+. The highest BCUT2D eigenvalue weighted by Gasteiger charge is 2.35. The molecule has 0 bridgehead atoms. The van der Waals surface area contributed by atoms with Gasteiger partial charge in [-0.2, -0.15) is 13.2 Å². The quantitative estimate of drug-likeness (QED) is 0.715. The van der Waals surface area contributed by atoms with Gasteiger partial charge in [-0.1, -0.05) is 12.2 Å². The molecule has 7 heteroatoms. The third kappa shape index (κ3) is 4.29. The minimum absolute atomic E-state index is 0.249. The maximum atomic E-state index is 12.8. The van der Waals surface area contributed by atoms with Gasteiger partial charge in [0, 0.05) is 18.8 Å². The van der Waals surface area contributed by atoms with Crippen molar-refractivity contribution in [3.63, 3.8) is 0 Å². The lowest BCUT2D eigenvalue weighted by molar-refractivity contribution is -0.137. The van der Waals surface area contributed by atoms with E-state index in [0.29, 0.717) is 13.1 Å². The summed E-state index contributed by atoms with van der Waals surface area (Å²) in [4.78, 5) is 11.0. The summed E-state index contributed by atoms with van der Waals surface area (Å²) >= 11 is 0. The Bertz CT molecular complexity index is 484. The fourth-order valence-electron chi connectivity index (χ4n) is 1.46. The Kier molecular flexibility index (Phi) is 4.94. The van der Waals surface area contributed by atoms with Crippen molar-refractivity contribution < 1.29 is 18.0 Å². The molecule has 0 aliphatic heterocycles. The van der Waals surface area contributed by atoms with E-state index in [1.807, 2.05) is 0 Å². The van der Waals surface area contributed by atoms with Crippen LogP contribution in [0.15, 0.2) is 30.4 Å². The zero-order chi connectivity index (χ0) is 14.5. The number of carbonyl (C=O) groups is 1. The third-order valence-electron chi connectivity index (χ3n) is 2.32. The Morgan fingerprint density at radius 1 is 1.32 bits per heavy atom. The highest BCUT2D eigenvalue weighted by Crippen LogP contribution is 2.33. The highest BCUT2D eigenvalue weighted by atomic mass is 19.4. The van der Waals surface area contributed by atoms with E-state index >= 15 is 0 Å². The van der Waals surface area contributed by atoms with Gasteiger partial charge in [0.1, 0.15) is 0 Å². The van der Waals surface area contributed by atoms with Crippen molar-refractivity contribution in [3.05, 3.63) is 41.5 Å². The number of rotatable bonds is 5. The van der Waals surface area contributed by atoms with E-state index < -0.39 is 23.2 Å². The summed E-state index contributed by atoms with van der Waals surface area (Å²) in [6.45, 7) is 0.695. The molecule has 0 unspecified atom stereocenters. The Hall–Kier alpha value is -2.02. The summed E-state index contributed by atoms with van der Waals surface area (Å²) in [6.07, 6.45) is -1.26. The smallest absolute Gasteiger partial charge is 0.382 e. The number of primary amides is 1. The molecule has 0 saturated carbocycles. The third-order valence-corrected chi connectivity index (χ3v) is 2.32. The Balaban J connectivity index is 2.99. The second-order valence-corrected chi connectivity index (χ2v) is 3.71. The molecule has 0 spiro atoms. The normalized spacial score (nSPS) is 11.8. The molecule has 1 aromatic rings. The van der Waals surface area contributed by atoms with Crippen LogP contribution in [0.1, 0.15) is 15.9 Å². The molecule has 0 radical (unpaired) electrons. The second-order valence-electron chi connectivity index (χ2n) is 3.71. The number of alkyl halides is 3. The molecule has 0 heterocycles. The fraction of sp³-hybridized carbons (Fsp3) is 0.250. The minimum Gasteiger partial charge on any atom is -0.382 e. The number of anilines is 1. The molecule has 1 amide bonds. The predicted molar refractivity (Wildman–Crippen MR) is 66.6 cm³/mol. The van der Waals surface area contributed by atoms with E-state index in [0.717, 1.165) is 12.1 Å². The van der Waals surface area contributed by atoms with Crippen molar-refractivity contribution in [1.29, 1.82) is 0 Å². The van der Waals surface area contributed by atoms with Crippen LogP contribution >= 0.6 is 0 Å². The molecule has 0 saturated heterocycles. The van der Waals surface area contributed by atoms with Gasteiger partial charge in [-0.25, -0.2) is 0 Å². The van der Waals surface area contributed by atoms with Crippen LogP contribution in [0.4, 0.5) is 18.9 Å². The first-order valence-corrected chi connectivity index (χ1v) is 5.46. The molecule has 1 aromatic carbocycles. The van der Waals surface area contributed by atoms with Crippen molar-refractivity contribution in [2.75, 3.05) is 18.4 Å². The Morgan fingerprint density at radius 3 is 2.53 bits per heavy atom. The predicted octanol–water partition coefficient (Wildman–Crippen LogP) is 1.73. The van der Waals surface area contributed by atoms with Crippen LogP contribution in [0.5, 0.6) is 0 Å². The SMILES string of the molecule is NC/C=C/CNc1ccc(C(N)=O)c(C(F)(F)F)c1. The summed E-state index contributed by atoms with van der Waals surface area (Å²) in [5, 5.41) is 2.76.